The van der Waals surface area contributed by atoms with Crippen LogP contribution >= 0.6 is 11.8 Å². The summed E-state index contributed by atoms with van der Waals surface area (Å²) in [5.41, 5.74) is 1.79. The van der Waals surface area contributed by atoms with Crippen molar-refractivity contribution in [2.75, 3.05) is 5.32 Å². The quantitative estimate of drug-likeness (QED) is 0.509. The van der Waals surface area contributed by atoms with Crippen molar-refractivity contribution in [1.82, 2.24) is 9.55 Å². The van der Waals surface area contributed by atoms with Gasteiger partial charge in [-0.25, -0.2) is 22.9 Å². The van der Waals surface area contributed by atoms with Crippen molar-refractivity contribution in [2.24, 2.45) is 5.14 Å². The van der Waals surface area contributed by atoms with Crippen molar-refractivity contribution in [3.05, 3.63) is 48.3 Å². The van der Waals surface area contributed by atoms with Gasteiger partial charge in [0.15, 0.2) is 5.16 Å². The van der Waals surface area contributed by atoms with Crippen LogP contribution in [-0.4, -0.2) is 29.1 Å². The predicted octanol–water partition coefficient (Wildman–Crippen LogP) is 3.74. The van der Waals surface area contributed by atoms with Gasteiger partial charge in [0.1, 0.15) is 5.82 Å². The maximum Gasteiger partial charge on any atom is 0.238 e. The van der Waals surface area contributed by atoms with Crippen molar-refractivity contribution >= 4 is 44.4 Å². The second-order valence-electron chi connectivity index (χ2n) is 6.85. The van der Waals surface area contributed by atoms with Crippen molar-refractivity contribution in [3.63, 3.8) is 0 Å². The molecule has 3 rings (SSSR count). The molecule has 3 N–H and O–H groups in total. The molecule has 0 spiro atoms. The minimum atomic E-state index is -3.84. The number of hydrogen-bond acceptors (Lipinski definition) is 5. The second kappa shape index (κ2) is 9.15. The third kappa shape index (κ3) is 5.18. The van der Waals surface area contributed by atoms with Crippen LogP contribution in [0.2, 0.25) is 0 Å². The highest BCUT2D eigenvalue weighted by atomic mass is 32.2. The summed E-state index contributed by atoms with van der Waals surface area (Å²) in [6.07, 6.45) is 1.88. The minimum absolute atomic E-state index is 0.00575. The molecular formula is C20H23FN4O3S2. The molecule has 0 fully saturated rings. The van der Waals surface area contributed by atoms with E-state index in [0.717, 1.165) is 18.4 Å². The number of halogens is 1. The smallest absolute Gasteiger partial charge is 0.238 e. The summed E-state index contributed by atoms with van der Waals surface area (Å²) in [5, 5.41) is 8.12. The summed E-state index contributed by atoms with van der Waals surface area (Å²) in [6, 6.07) is 10.1. The number of sulfonamides is 1. The number of nitrogens with one attached hydrogen (secondary N) is 1. The van der Waals surface area contributed by atoms with Crippen LogP contribution in [0, 0.1) is 5.82 Å². The molecular weight excluding hydrogens is 427 g/mol. The number of hydrogen-bond donors (Lipinski definition) is 2. The van der Waals surface area contributed by atoms with Crippen LogP contribution < -0.4 is 10.5 Å². The maximum absolute atomic E-state index is 13.0. The summed E-state index contributed by atoms with van der Waals surface area (Å²) >= 11 is 1.28. The largest absolute Gasteiger partial charge is 0.325 e. The lowest BCUT2D eigenvalue weighted by Crippen LogP contribution is -2.23. The molecule has 7 nitrogen and oxygen atoms in total. The third-order valence-electron chi connectivity index (χ3n) is 4.51. The van der Waals surface area contributed by atoms with E-state index in [2.05, 4.69) is 17.2 Å². The molecule has 2 aromatic carbocycles. The summed E-state index contributed by atoms with van der Waals surface area (Å²) in [7, 11) is -3.84. The van der Waals surface area contributed by atoms with Crippen LogP contribution in [0.4, 0.5) is 10.1 Å². The first-order valence-corrected chi connectivity index (χ1v) is 11.9. The molecule has 0 saturated carbocycles. The number of aromatic nitrogens is 2. The van der Waals surface area contributed by atoms with Crippen molar-refractivity contribution < 1.29 is 17.6 Å². The van der Waals surface area contributed by atoms with Gasteiger partial charge in [0.05, 0.1) is 21.2 Å². The fourth-order valence-corrected chi connectivity index (χ4v) is 4.36. The molecule has 1 aromatic heterocycles. The number of unbranched alkanes of at least 4 members (excludes halogenated alkanes) is 1. The van der Waals surface area contributed by atoms with Gasteiger partial charge in [-0.1, -0.05) is 25.1 Å². The van der Waals surface area contributed by atoms with E-state index < -0.39 is 15.3 Å². The number of benzene rings is 2. The highest BCUT2D eigenvalue weighted by Crippen LogP contribution is 2.29. The zero-order valence-electron chi connectivity index (χ0n) is 16.6. The lowest BCUT2D eigenvalue weighted by atomic mass is 10.3. The molecule has 0 aliphatic carbocycles. The highest BCUT2D eigenvalue weighted by Gasteiger charge is 2.20. The lowest BCUT2D eigenvalue weighted by molar-refractivity contribution is -0.115. The topological polar surface area (TPSA) is 107 Å². The first-order chi connectivity index (χ1) is 14.2. The Bertz CT molecular complexity index is 1160. The van der Waals surface area contributed by atoms with E-state index in [1.807, 2.05) is 4.57 Å². The number of carbonyl (C=O) groups is 1. The summed E-state index contributed by atoms with van der Waals surface area (Å²) in [4.78, 5) is 17.1. The monoisotopic (exact) mass is 450 g/mol. The number of aryl methyl sites for hydroxylation is 1. The van der Waals surface area contributed by atoms with Gasteiger partial charge in [0.2, 0.25) is 15.9 Å². The average molecular weight is 451 g/mol. The number of primary sulfonamides is 1. The van der Waals surface area contributed by atoms with Gasteiger partial charge in [-0.05, 0) is 55.8 Å². The first-order valence-electron chi connectivity index (χ1n) is 9.45. The minimum Gasteiger partial charge on any atom is -0.325 e. The van der Waals surface area contributed by atoms with Crippen LogP contribution in [0.15, 0.2) is 52.5 Å². The number of fused-ring (bicyclic) bond motifs is 1. The van der Waals surface area contributed by atoms with E-state index in [-0.39, 0.29) is 16.6 Å². The zero-order chi connectivity index (χ0) is 21.9. The molecule has 1 heterocycles. The second-order valence-corrected chi connectivity index (χ2v) is 9.72. The lowest BCUT2D eigenvalue weighted by Gasteiger charge is -2.13. The Hall–Kier alpha value is -2.43. The molecule has 1 atom stereocenters. The Balaban J connectivity index is 1.87. The van der Waals surface area contributed by atoms with Crippen molar-refractivity contribution in [3.8, 4) is 0 Å². The van der Waals surface area contributed by atoms with E-state index >= 15 is 0 Å². The molecule has 160 valence electrons. The number of imidazole rings is 1. The number of nitrogens with two attached hydrogens (primary N) is 1. The van der Waals surface area contributed by atoms with Crippen LogP contribution in [0.1, 0.15) is 26.7 Å². The molecule has 10 heteroatoms. The van der Waals surface area contributed by atoms with Crippen LogP contribution in [0.3, 0.4) is 0 Å². The third-order valence-corrected chi connectivity index (χ3v) is 6.51. The molecule has 30 heavy (non-hydrogen) atoms. The molecule has 0 saturated heterocycles. The van der Waals surface area contributed by atoms with Gasteiger partial charge in [0.25, 0.3) is 0 Å². The molecule has 3 aromatic rings. The van der Waals surface area contributed by atoms with Gasteiger partial charge in [-0.15, -0.1) is 0 Å². The van der Waals surface area contributed by atoms with E-state index in [1.165, 1.54) is 48.2 Å². The van der Waals surface area contributed by atoms with E-state index in [0.29, 0.717) is 22.9 Å². The van der Waals surface area contributed by atoms with E-state index in [1.54, 1.807) is 13.0 Å². The van der Waals surface area contributed by atoms with Gasteiger partial charge in [-0.3, -0.25) is 4.79 Å². The van der Waals surface area contributed by atoms with Gasteiger partial charge < -0.3 is 9.88 Å². The van der Waals surface area contributed by atoms with Gasteiger partial charge in [0, 0.05) is 12.2 Å². The summed E-state index contributed by atoms with van der Waals surface area (Å²) in [6.45, 7) is 4.52. The van der Waals surface area contributed by atoms with Crippen LogP contribution in [0.25, 0.3) is 11.0 Å². The maximum atomic E-state index is 13.0. The number of nitrogens with zero attached hydrogens (tertiary/aromatic N) is 2. The molecule has 1 unspecified atom stereocenters. The van der Waals surface area contributed by atoms with Gasteiger partial charge in [-0.2, -0.15) is 0 Å². The SMILES string of the molecule is CCCCn1c(SC(C)C(=O)Nc2ccc(F)cc2)nc2cc(S(N)(=O)=O)ccc21. The number of carbonyl (C=O) groups excluding carboxylic acids is 1. The Kier molecular flexibility index (Phi) is 6.79. The van der Waals surface area contributed by atoms with Gasteiger partial charge >= 0.3 is 0 Å². The van der Waals surface area contributed by atoms with Crippen LogP contribution in [-0.2, 0) is 21.4 Å². The Morgan fingerprint density at radius 2 is 1.97 bits per heavy atom. The molecule has 0 bridgehead atoms. The highest BCUT2D eigenvalue weighted by molar-refractivity contribution is 8.00. The number of anilines is 1. The number of rotatable bonds is 8. The van der Waals surface area contributed by atoms with Crippen molar-refractivity contribution in [2.45, 2.75) is 48.5 Å². The molecule has 0 radical (unpaired) electrons. The Labute approximate surface area is 178 Å². The van der Waals surface area contributed by atoms with Crippen LogP contribution in [0.5, 0.6) is 0 Å². The standard InChI is InChI=1S/C20H23FN4O3S2/c1-3-4-11-25-18-10-9-16(30(22,27)28)12-17(18)24-20(25)29-13(2)19(26)23-15-7-5-14(21)6-8-15/h5-10,12-13H,3-4,11H2,1-2H3,(H,23,26)(H2,22,27,28). The molecule has 0 aliphatic heterocycles. The Morgan fingerprint density at radius 1 is 1.27 bits per heavy atom. The van der Waals surface area contributed by atoms with E-state index in [4.69, 9.17) is 5.14 Å². The number of amides is 1. The fraction of sp³-hybridized carbons (Fsp3) is 0.300. The predicted molar refractivity (Wildman–Crippen MR) is 116 cm³/mol. The zero-order valence-corrected chi connectivity index (χ0v) is 18.3. The summed E-state index contributed by atoms with van der Waals surface area (Å²) < 4.78 is 38.4. The molecule has 1 amide bonds. The average Bonchev–Trinajstić information content (AvgIpc) is 3.03. The normalized spacial score (nSPS) is 12.8. The summed E-state index contributed by atoms with van der Waals surface area (Å²) in [5.74, 6) is -0.621. The number of thioether (sulfide) groups is 1. The van der Waals surface area contributed by atoms with Crippen molar-refractivity contribution in [1.29, 1.82) is 0 Å². The fourth-order valence-electron chi connectivity index (χ4n) is 2.88. The Morgan fingerprint density at radius 3 is 2.60 bits per heavy atom. The first kappa shape index (κ1) is 22.3. The van der Waals surface area contributed by atoms with E-state index in [9.17, 15) is 17.6 Å². The molecule has 0 aliphatic rings.